The normalized spacial score (nSPS) is 12.1. The number of amides is 1. The number of aryl methyl sites for hydroxylation is 1. The molecule has 0 heterocycles. The highest BCUT2D eigenvalue weighted by atomic mass is 32.2. The van der Waals surface area contributed by atoms with E-state index in [4.69, 9.17) is 6.92 Å². The summed E-state index contributed by atoms with van der Waals surface area (Å²) in [6.45, 7) is 7.22. The van der Waals surface area contributed by atoms with Gasteiger partial charge in [-0.15, -0.1) is 0 Å². The molecule has 1 unspecified atom stereocenters. The third-order valence-corrected chi connectivity index (χ3v) is 3.00. The summed E-state index contributed by atoms with van der Waals surface area (Å²) in [7, 11) is 0. The highest BCUT2D eigenvalue weighted by Crippen LogP contribution is 2.02. The average molecular weight is 253 g/mol. The number of nitrogens with one attached hydrogen (secondary N) is 1. The molecule has 1 N–H and O–H groups in total. The van der Waals surface area contributed by atoms with Crippen LogP contribution in [-0.2, 0) is 15.3 Å². The summed E-state index contributed by atoms with van der Waals surface area (Å²) in [6.07, 6.45) is 0. The zero-order valence-electron chi connectivity index (χ0n) is 9.64. The lowest BCUT2D eigenvalue weighted by Gasteiger charge is -2.05. The molecule has 1 aromatic carbocycles. The van der Waals surface area contributed by atoms with Crippen LogP contribution >= 0.6 is 0 Å². The maximum absolute atomic E-state index is 11.6. The van der Waals surface area contributed by atoms with Crippen molar-refractivity contribution in [2.24, 2.45) is 0 Å². The summed E-state index contributed by atoms with van der Waals surface area (Å²) in [5, 5.41) is 2.65. The second-order valence-electron chi connectivity index (χ2n) is 3.41. The Morgan fingerprint density at radius 1 is 1.41 bits per heavy atom. The van der Waals surface area contributed by atoms with Crippen LogP contribution in [0, 0.1) is 13.8 Å². The van der Waals surface area contributed by atoms with E-state index in [1.807, 2.05) is 19.1 Å². The standard InChI is InChI=1S/C12H15NO3S/c1-3-16-17(15)9-8-13-12(14)11-6-4-10(2)5-7-11/h1,4-7H,3,8-9H2,2H3,(H,13,14). The first-order valence-corrected chi connectivity index (χ1v) is 6.44. The van der Waals surface area contributed by atoms with Crippen molar-refractivity contribution in [1.29, 1.82) is 0 Å². The molecule has 1 amide bonds. The number of benzene rings is 1. The Balaban J connectivity index is 2.35. The topological polar surface area (TPSA) is 55.4 Å². The summed E-state index contributed by atoms with van der Waals surface area (Å²) in [5.74, 6) is 0.0455. The van der Waals surface area contributed by atoms with Crippen molar-refractivity contribution >= 4 is 17.0 Å². The Kier molecular flexibility index (Phi) is 5.86. The van der Waals surface area contributed by atoms with Crippen LogP contribution < -0.4 is 5.32 Å². The van der Waals surface area contributed by atoms with E-state index in [0.29, 0.717) is 12.1 Å². The molecular formula is C12H15NO3S. The first kappa shape index (κ1) is 13.9. The Labute approximate surface area is 104 Å². The lowest BCUT2D eigenvalue weighted by atomic mass is 10.1. The van der Waals surface area contributed by atoms with Gasteiger partial charge in [-0.05, 0) is 26.0 Å². The molecule has 17 heavy (non-hydrogen) atoms. The van der Waals surface area contributed by atoms with Crippen molar-refractivity contribution < 1.29 is 13.2 Å². The van der Waals surface area contributed by atoms with Crippen LogP contribution in [0.25, 0.3) is 0 Å². The van der Waals surface area contributed by atoms with E-state index in [2.05, 4.69) is 9.50 Å². The molecule has 0 bridgehead atoms. The van der Waals surface area contributed by atoms with Crippen molar-refractivity contribution in [2.45, 2.75) is 6.92 Å². The molecule has 0 aliphatic carbocycles. The quantitative estimate of drug-likeness (QED) is 0.826. The molecule has 2 radical (unpaired) electrons. The first-order valence-electron chi connectivity index (χ1n) is 5.20. The zero-order chi connectivity index (χ0) is 12.7. The van der Waals surface area contributed by atoms with Crippen LogP contribution in [0.15, 0.2) is 24.3 Å². The highest BCUT2D eigenvalue weighted by molar-refractivity contribution is 7.80. The van der Waals surface area contributed by atoms with Crippen LogP contribution in [-0.4, -0.2) is 29.0 Å². The molecule has 0 fully saturated rings. The van der Waals surface area contributed by atoms with Crippen molar-refractivity contribution in [2.75, 3.05) is 18.9 Å². The second kappa shape index (κ2) is 7.19. The van der Waals surface area contributed by atoms with Gasteiger partial charge in [0.25, 0.3) is 5.91 Å². The molecule has 1 rings (SSSR count). The first-order chi connectivity index (χ1) is 8.13. The van der Waals surface area contributed by atoms with Crippen molar-refractivity contribution in [3.8, 4) is 0 Å². The van der Waals surface area contributed by atoms with E-state index in [1.54, 1.807) is 12.1 Å². The zero-order valence-corrected chi connectivity index (χ0v) is 10.5. The molecule has 5 heteroatoms. The number of hydrogen-bond acceptors (Lipinski definition) is 3. The number of hydrogen-bond donors (Lipinski definition) is 1. The molecule has 0 aliphatic heterocycles. The van der Waals surface area contributed by atoms with Crippen molar-refractivity contribution in [1.82, 2.24) is 5.32 Å². The van der Waals surface area contributed by atoms with Gasteiger partial charge in [-0.25, -0.2) is 4.21 Å². The fraction of sp³-hybridized carbons (Fsp3) is 0.333. The smallest absolute Gasteiger partial charge is 0.251 e. The Hall–Kier alpha value is -1.20. The van der Waals surface area contributed by atoms with Gasteiger partial charge in [0.2, 0.25) is 0 Å². The summed E-state index contributed by atoms with van der Waals surface area (Å²) in [5.41, 5.74) is 1.68. The van der Waals surface area contributed by atoms with Gasteiger partial charge < -0.3 is 5.32 Å². The van der Waals surface area contributed by atoms with Gasteiger partial charge in [-0.3, -0.25) is 8.98 Å². The predicted octanol–water partition coefficient (Wildman–Crippen LogP) is 1.12. The molecule has 0 saturated heterocycles. The lowest BCUT2D eigenvalue weighted by molar-refractivity contribution is 0.0956. The van der Waals surface area contributed by atoms with E-state index in [0.717, 1.165) is 5.56 Å². The van der Waals surface area contributed by atoms with Gasteiger partial charge >= 0.3 is 0 Å². The lowest BCUT2D eigenvalue weighted by Crippen LogP contribution is -2.28. The minimum absolute atomic E-state index is 0.0848. The SMILES string of the molecule is [CH]COS(=O)CCNC(=O)c1ccc(C)cc1. The third kappa shape index (κ3) is 5.10. The van der Waals surface area contributed by atoms with Gasteiger partial charge in [0.1, 0.15) is 0 Å². The van der Waals surface area contributed by atoms with Crippen LogP contribution in [0.2, 0.25) is 0 Å². The minimum atomic E-state index is -1.44. The molecule has 0 saturated carbocycles. The van der Waals surface area contributed by atoms with Crippen LogP contribution in [0.5, 0.6) is 0 Å². The Morgan fingerprint density at radius 2 is 2.06 bits per heavy atom. The number of rotatable bonds is 6. The molecule has 0 aliphatic rings. The molecule has 0 aromatic heterocycles. The summed E-state index contributed by atoms with van der Waals surface area (Å²) in [6, 6.07) is 7.23. The maximum Gasteiger partial charge on any atom is 0.251 e. The van der Waals surface area contributed by atoms with Gasteiger partial charge in [0.05, 0.1) is 12.4 Å². The van der Waals surface area contributed by atoms with Crippen LogP contribution in [0.4, 0.5) is 0 Å². The number of carbonyl (C=O) groups excluding carboxylic acids is 1. The van der Waals surface area contributed by atoms with Crippen molar-refractivity contribution in [3.63, 3.8) is 0 Å². The van der Waals surface area contributed by atoms with E-state index >= 15 is 0 Å². The van der Waals surface area contributed by atoms with Gasteiger partial charge in [0.15, 0.2) is 11.1 Å². The molecule has 4 nitrogen and oxygen atoms in total. The Bertz CT molecular complexity index is 389. The third-order valence-electron chi connectivity index (χ3n) is 2.07. The highest BCUT2D eigenvalue weighted by Gasteiger charge is 2.05. The Morgan fingerprint density at radius 3 is 2.65 bits per heavy atom. The fourth-order valence-corrected chi connectivity index (χ4v) is 1.73. The molecule has 92 valence electrons. The van der Waals surface area contributed by atoms with Crippen LogP contribution in [0.1, 0.15) is 15.9 Å². The summed E-state index contributed by atoms with van der Waals surface area (Å²) in [4.78, 5) is 11.6. The number of carbonyl (C=O) groups is 1. The summed E-state index contributed by atoms with van der Waals surface area (Å²) >= 11 is -1.44. The summed E-state index contributed by atoms with van der Waals surface area (Å²) < 4.78 is 15.7. The predicted molar refractivity (Wildman–Crippen MR) is 66.8 cm³/mol. The fourth-order valence-electron chi connectivity index (χ4n) is 1.19. The second-order valence-corrected chi connectivity index (χ2v) is 4.67. The van der Waals surface area contributed by atoms with Crippen LogP contribution in [0.3, 0.4) is 0 Å². The molecule has 1 atom stereocenters. The van der Waals surface area contributed by atoms with E-state index < -0.39 is 11.1 Å². The average Bonchev–Trinajstić information content (AvgIpc) is 2.30. The van der Waals surface area contributed by atoms with Gasteiger partial charge in [-0.1, -0.05) is 17.7 Å². The molecular weight excluding hydrogens is 238 g/mol. The van der Waals surface area contributed by atoms with Crippen molar-refractivity contribution in [3.05, 3.63) is 42.3 Å². The molecule has 1 aromatic rings. The maximum atomic E-state index is 11.6. The minimum Gasteiger partial charge on any atom is -0.351 e. The monoisotopic (exact) mass is 253 g/mol. The van der Waals surface area contributed by atoms with E-state index in [-0.39, 0.29) is 18.3 Å². The van der Waals surface area contributed by atoms with E-state index in [9.17, 15) is 9.00 Å². The van der Waals surface area contributed by atoms with Gasteiger partial charge in [0, 0.05) is 12.1 Å². The van der Waals surface area contributed by atoms with Gasteiger partial charge in [-0.2, -0.15) is 0 Å². The largest absolute Gasteiger partial charge is 0.351 e. The van der Waals surface area contributed by atoms with E-state index in [1.165, 1.54) is 0 Å². The molecule has 0 spiro atoms.